The molecule has 0 aliphatic carbocycles. The molecule has 6 heteroatoms. The van der Waals surface area contributed by atoms with Gasteiger partial charge in [-0.05, 0) is 44.9 Å². The molecular weight excluding hydrogens is 306 g/mol. The first-order valence-corrected chi connectivity index (χ1v) is 8.55. The van der Waals surface area contributed by atoms with Gasteiger partial charge in [0.2, 0.25) is 0 Å². The van der Waals surface area contributed by atoms with E-state index in [9.17, 15) is 4.79 Å². The van der Waals surface area contributed by atoms with E-state index in [-0.39, 0.29) is 6.09 Å². The number of amides is 1. The van der Waals surface area contributed by atoms with E-state index in [1.54, 1.807) is 12.0 Å². The highest BCUT2D eigenvalue weighted by molar-refractivity contribution is 5.72. The Labute approximate surface area is 143 Å². The lowest BCUT2D eigenvalue weighted by Gasteiger charge is -2.37. The maximum atomic E-state index is 12.2. The van der Waals surface area contributed by atoms with Crippen LogP contribution in [0.2, 0.25) is 0 Å². The van der Waals surface area contributed by atoms with Crippen LogP contribution in [0.15, 0.2) is 12.1 Å². The molecule has 2 aliphatic heterocycles. The third-order valence-electron chi connectivity index (χ3n) is 4.39. The standard InChI is InChI=1S/C18H27N3O3/c1-18(2,3)24-17(22)21-9-7-20(8-10-21)15-12-14-13(5-6-19-14)11-16(15)23-4/h11-12,19H,5-10H2,1-4H3. The number of piperazine rings is 1. The number of nitrogens with one attached hydrogen (secondary N) is 1. The fourth-order valence-corrected chi connectivity index (χ4v) is 3.18. The van der Waals surface area contributed by atoms with Crippen LogP contribution in [0.5, 0.6) is 5.75 Å². The maximum absolute atomic E-state index is 12.2. The predicted molar refractivity (Wildman–Crippen MR) is 95.2 cm³/mol. The monoisotopic (exact) mass is 333 g/mol. The largest absolute Gasteiger partial charge is 0.495 e. The van der Waals surface area contributed by atoms with Crippen LogP contribution in [0.4, 0.5) is 16.2 Å². The lowest BCUT2D eigenvalue weighted by molar-refractivity contribution is 0.0240. The first-order valence-electron chi connectivity index (χ1n) is 8.55. The van der Waals surface area contributed by atoms with E-state index in [1.165, 1.54) is 11.3 Å². The molecule has 0 saturated carbocycles. The van der Waals surface area contributed by atoms with Crippen molar-refractivity contribution in [1.29, 1.82) is 0 Å². The smallest absolute Gasteiger partial charge is 0.410 e. The highest BCUT2D eigenvalue weighted by atomic mass is 16.6. The van der Waals surface area contributed by atoms with Crippen molar-refractivity contribution < 1.29 is 14.3 Å². The molecule has 132 valence electrons. The molecule has 1 fully saturated rings. The quantitative estimate of drug-likeness (QED) is 0.902. The molecule has 1 N–H and O–H groups in total. The summed E-state index contributed by atoms with van der Waals surface area (Å²) in [6.45, 7) is 9.51. The average molecular weight is 333 g/mol. The van der Waals surface area contributed by atoms with Gasteiger partial charge in [0.05, 0.1) is 12.8 Å². The van der Waals surface area contributed by atoms with Crippen molar-refractivity contribution in [1.82, 2.24) is 4.90 Å². The molecule has 0 aromatic heterocycles. The summed E-state index contributed by atoms with van der Waals surface area (Å²) < 4.78 is 11.0. The lowest BCUT2D eigenvalue weighted by Crippen LogP contribution is -2.50. The van der Waals surface area contributed by atoms with Crippen LogP contribution >= 0.6 is 0 Å². The van der Waals surface area contributed by atoms with Gasteiger partial charge in [-0.2, -0.15) is 0 Å². The zero-order chi connectivity index (χ0) is 17.3. The van der Waals surface area contributed by atoms with Crippen LogP contribution in [-0.2, 0) is 11.2 Å². The summed E-state index contributed by atoms with van der Waals surface area (Å²) in [6, 6.07) is 4.30. The first-order chi connectivity index (χ1) is 11.4. The number of anilines is 2. The SMILES string of the molecule is COc1cc2c(cc1N1CCN(C(=O)OC(C)(C)C)CC1)NCC2. The summed E-state index contributed by atoms with van der Waals surface area (Å²) in [6.07, 6.45) is 0.808. The minimum Gasteiger partial charge on any atom is -0.495 e. The summed E-state index contributed by atoms with van der Waals surface area (Å²) in [7, 11) is 1.71. The van der Waals surface area contributed by atoms with Crippen molar-refractivity contribution in [2.24, 2.45) is 0 Å². The lowest BCUT2D eigenvalue weighted by atomic mass is 10.1. The van der Waals surface area contributed by atoms with Crippen LogP contribution in [0, 0.1) is 0 Å². The van der Waals surface area contributed by atoms with Crippen LogP contribution in [0.25, 0.3) is 0 Å². The van der Waals surface area contributed by atoms with Crippen molar-refractivity contribution in [2.45, 2.75) is 32.8 Å². The molecule has 6 nitrogen and oxygen atoms in total. The molecule has 2 aliphatic rings. The average Bonchev–Trinajstić information content (AvgIpc) is 2.99. The van der Waals surface area contributed by atoms with E-state index in [1.807, 2.05) is 20.8 Å². The fraction of sp³-hybridized carbons (Fsp3) is 0.611. The van der Waals surface area contributed by atoms with Crippen molar-refractivity contribution in [2.75, 3.05) is 50.1 Å². The van der Waals surface area contributed by atoms with Crippen LogP contribution < -0.4 is 15.0 Å². The minimum absolute atomic E-state index is 0.232. The van der Waals surface area contributed by atoms with Gasteiger partial charge in [0.1, 0.15) is 11.4 Å². The summed E-state index contributed by atoms with van der Waals surface area (Å²) in [4.78, 5) is 16.2. The van der Waals surface area contributed by atoms with E-state index < -0.39 is 5.60 Å². The summed E-state index contributed by atoms with van der Waals surface area (Å²) in [5.74, 6) is 0.906. The number of fused-ring (bicyclic) bond motifs is 1. The van der Waals surface area contributed by atoms with Gasteiger partial charge in [-0.25, -0.2) is 4.79 Å². The normalized spacial score (nSPS) is 17.3. The molecule has 1 aromatic rings. The van der Waals surface area contributed by atoms with Gasteiger partial charge in [-0.1, -0.05) is 0 Å². The van der Waals surface area contributed by atoms with E-state index >= 15 is 0 Å². The second-order valence-electron chi connectivity index (χ2n) is 7.31. The van der Waals surface area contributed by atoms with E-state index in [2.05, 4.69) is 22.3 Å². The molecule has 0 spiro atoms. The number of hydrogen-bond acceptors (Lipinski definition) is 5. The van der Waals surface area contributed by atoms with Crippen molar-refractivity contribution in [3.8, 4) is 5.75 Å². The highest BCUT2D eigenvalue weighted by Gasteiger charge is 2.27. The van der Waals surface area contributed by atoms with Crippen LogP contribution in [-0.4, -0.2) is 56.4 Å². The molecule has 1 saturated heterocycles. The molecule has 1 amide bonds. The number of carbonyl (C=O) groups excluding carboxylic acids is 1. The van der Waals surface area contributed by atoms with Crippen LogP contribution in [0.3, 0.4) is 0 Å². The van der Waals surface area contributed by atoms with Crippen molar-refractivity contribution in [3.63, 3.8) is 0 Å². The number of methoxy groups -OCH3 is 1. The van der Waals surface area contributed by atoms with E-state index in [0.717, 1.165) is 37.5 Å². The maximum Gasteiger partial charge on any atom is 0.410 e. The number of hydrogen-bond donors (Lipinski definition) is 1. The van der Waals surface area contributed by atoms with Gasteiger partial charge < -0.3 is 24.6 Å². The van der Waals surface area contributed by atoms with Gasteiger partial charge in [-0.15, -0.1) is 0 Å². The van der Waals surface area contributed by atoms with E-state index in [0.29, 0.717) is 13.1 Å². The van der Waals surface area contributed by atoms with Crippen LogP contribution in [0.1, 0.15) is 26.3 Å². The Morgan fingerprint density at radius 1 is 1.17 bits per heavy atom. The van der Waals surface area contributed by atoms with Gasteiger partial charge in [0.25, 0.3) is 0 Å². The molecule has 2 heterocycles. The molecule has 24 heavy (non-hydrogen) atoms. The Hall–Kier alpha value is -2.11. The highest BCUT2D eigenvalue weighted by Crippen LogP contribution is 2.37. The number of rotatable bonds is 2. The Morgan fingerprint density at radius 2 is 1.88 bits per heavy atom. The number of benzene rings is 1. The molecule has 0 atom stereocenters. The topological polar surface area (TPSA) is 54.0 Å². The van der Waals surface area contributed by atoms with Gasteiger partial charge in [-0.3, -0.25) is 0 Å². The zero-order valence-corrected chi connectivity index (χ0v) is 15.0. The van der Waals surface area contributed by atoms with Gasteiger partial charge in [0, 0.05) is 38.4 Å². The molecular formula is C18H27N3O3. The minimum atomic E-state index is -0.455. The second-order valence-corrected chi connectivity index (χ2v) is 7.31. The van der Waals surface area contributed by atoms with Gasteiger partial charge in [0.15, 0.2) is 0 Å². The molecule has 0 bridgehead atoms. The zero-order valence-electron chi connectivity index (χ0n) is 15.0. The third kappa shape index (κ3) is 3.52. The predicted octanol–water partition coefficient (Wildman–Crippen LogP) is 2.72. The molecule has 0 radical (unpaired) electrons. The molecule has 1 aromatic carbocycles. The summed E-state index contributed by atoms with van der Waals surface area (Å²) in [5.41, 5.74) is 3.14. The number of nitrogens with zero attached hydrogens (tertiary/aromatic N) is 2. The second kappa shape index (κ2) is 6.42. The van der Waals surface area contributed by atoms with Gasteiger partial charge >= 0.3 is 6.09 Å². The first kappa shape index (κ1) is 16.7. The Bertz CT molecular complexity index is 617. The van der Waals surface area contributed by atoms with Crippen molar-refractivity contribution in [3.05, 3.63) is 17.7 Å². The number of carbonyl (C=O) groups is 1. The Balaban J connectivity index is 1.68. The molecule has 3 rings (SSSR count). The Kier molecular flexibility index (Phi) is 4.47. The van der Waals surface area contributed by atoms with E-state index in [4.69, 9.17) is 9.47 Å². The summed E-state index contributed by atoms with van der Waals surface area (Å²) in [5, 5.41) is 3.42. The Morgan fingerprint density at radius 3 is 2.50 bits per heavy atom. The number of ether oxygens (including phenoxy) is 2. The fourth-order valence-electron chi connectivity index (χ4n) is 3.18. The van der Waals surface area contributed by atoms with Crippen molar-refractivity contribution >= 4 is 17.5 Å². The molecule has 0 unspecified atom stereocenters. The third-order valence-corrected chi connectivity index (χ3v) is 4.39. The summed E-state index contributed by atoms with van der Waals surface area (Å²) >= 11 is 0.